The van der Waals surface area contributed by atoms with E-state index in [1.807, 2.05) is 6.92 Å². The molecule has 0 saturated heterocycles. The zero-order chi connectivity index (χ0) is 19.7. The summed E-state index contributed by atoms with van der Waals surface area (Å²) in [4.78, 5) is 7.66. The molecular weight excluding hydrogens is 345 g/mol. The number of aliphatic imine (C=N–C) groups is 1. The number of hydrogen-bond donors (Lipinski definition) is 4. The minimum Gasteiger partial charge on any atom is -0.404 e. The quantitative estimate of drug-likeness (QED) is 0.417. The van der Waals surface area contributed by atoms with Crippen molar-refractivity contribution in [3.63, 3.8) is 0 Å². The molecule has 0 bridgehead atoms. The summed E-state index contributed by atoms with van der Waals surface area (Å²) in [6, 6.07) is 1.13. The van der Waals surface area contributed by atoms with Gasteiger partial charge >= 0.3 is 0 Å². The molecule has 0 radical (unpaired) electrons. The molecule has 1 aromatic heterocycles. The van der Waals surface area contributed by atoms with Gasteiger partial charge in [-0.05, 0) is 13.3 Å². The molecule has 0 aliphatic rings. The second-order valence-corrected chi connectivity index (χ2v) is 5.13. The van der Waals surface area contributed by atoms with E-state index in [1.54, 1.807) is 6.08 Å². The Bertz CT molecular complexity index is 766. The lowest BCUT2D eigenvalue weighted by molar-refractivity contribution is 0.225. The number of rotatable bonds is 8. The van der Waals surface area contributed by atoms with Crippen molar-refractivity contribution in [3.8, 4) is 0 Å². The third-order valence-electron chi connectivity index (χ3n) is 3.12. The van der Waals surface area contributed by atoms with E-state index >= 15 is 0 Å². The lowest BCUT2D eigenvalue weighted by Crippen LogP contribution is -2.09. The first kappa shape index (κ1) is 20.9. The van der Waals surface area contributed by atoms with Crippen LogP contribution in [0.4, 0.5) is 19.0 Å². The molecule has 0 aromatic carbocycles. The highest BCUT2D eigenvalue weighted by molar-refractivity contribution is 6.08. The van der Waals surface area contributed by atoms with E-state index in [4.69, 9.17) is 16.9 Å². The van der Waals surface area contributed by atoms with Crippen LogP contribution < -0.4 is 16.8 Å². The Labute approximate surface area is 149 Å². The van der Waals surface area contributed by atoms with Crippen LogP contribution in [0.2, 0.25) is 0 Å². The van der Waals surface area contributed by atoms with Gasteiger partial charge in [0.2, 0.25) is 0 Å². The highest BCUT2D eigenvalue weighted by atomic mass is 19.3. The van der Waals surface area contributed by atoms with Crippen LogP contribution in [0.25, 0.3) is 5.57 Å². The molecule has 0 unspecified atom stereocenters. The average Bonchev–Trinajstić information content (AvgIpc) is 2.57. The first-order chi connectivity index (χ1) is 12.3. The van der Waals surface area contributed by atoms with Crippen LogP contribution in [-0.4, -0.2) is 23.3 Å². The summed E-state index contributed by atoms with van der Waals surface area (Å²) in [5.41, 5.74) is 11.3. The summed E-state index contributed by atoms with van der Waals surface area (Å²) in [7, 11) is 0. The fourth-order valence-electron chi connectivity index (χ4n) is 1.89. The van der Waals surface area contributed by atoms with Gasteiger partial charge in [0.1, 0.15) is 17.5 Å². The number of allylic oxidation sites excluding steroid dienone is 3. The Morgan fingerprint density at radius 3 is 2.65 bits per heavy atom. The standard InChI is InChI=1S/C17H21F3N6/c1-3-4-12(5-15(23)25-10(2)17(19)20)26-16-6-14(18)13(9-24-16)11(7-21)8-22/h4-9,17,21H,3,22-23H2,1-2H3,(H,24,26)/b11-8+,12-4-,15-5-,21-7?,25-10+. The van der Waals surface area contributed by atoms with Crippen LogP contribution in [0.5, 0.6) is 0 Å². The molecular formula is C17H21F3N6. The summed E-state index contributed by atoms with van der Waals surface area (Å²) in [6.45, 7) is 3.03. The van der Waals surface area contributed by atoms with E-state index in [-0.39, 0.29) is 22.8 Å². The number of nitrogens with one attached hydrogen (secondary N) is 2. The summed E-state index contributed by atoms with van der Waals surface area (Å²) >= 11 is 0. The van der Waals surface area contributed by atoms with Crippen molar-refractivity contribution in [1.29, 1.82) is 5.41 Å². The van der Waals surface area contributed by atoms with E-state index in [0.717, 1.165) is 18.5 Å². The fourth-order valence-corrected chi connectivity index (χ4v) is 1.89. The summed E-state index contributed by atoms with van der Waals surface area (Å²) in [6.07, 6.45) is 4.24. The predicted octanol–water partition coefficient (Wildman–Crippen LogP) is 3.40. The van der Waals surface area contributed by atoms with Gasteiger partial charge in [-0.3, -0.25) is 0 Å². The molecule has 0 aliphatic carbocycles. The molecule has 1 heterocycles. The van der Waals surface area contributed by atoms with Crippen LogP contribution >= 0.6 is 0 Å². The van der Waals surface area contributed by atoms with Crippen LogP contribution in [-0.2, 0) is 0 Å². The Kier molecular flexibility index (Phi) is 8.07. The molecule has 26 heavy (non-hydrogen) atoms. The Balaban J connectivity index is 3.09. The normalized spacial score (nSPS) is 13.9. The minimum absolute atomic E-state index is 0.0845. The lowest BCUT2D eigenvalue weighted by atomic mass is 10.1. The van der Waals surface area contributed by atoms with Crippen molar-refractivity contribution in [1.82, 2.24) is 4.98 Å². The summed E-state index contributed by atoms with van der Waals surface area (Å²) < 4.78 is 39.2. The molecule has 9 heteroatoms. The number of aromatic nitrogens is 1. The van der Waals surface area contributed by atoms with Gasteiger partial charge < -0.3 is 22.2 Å². The van der Waals surface area contributed by atoms with Gasteiger partial charge in [0.05, 0.1) is 5.71 Å². The maximum absolute atomic E-state index is 14.2. The number of alkyl halides is 2. The van der Waals surface area contributed by atoms with Crippen LogP contribution in [0.3, 0.4) is 0 Å². The highest BCUT2D eigenvalue weighted by Gasteiger charge is 2.09. The molecule has 1 rings (SSSR count). The number of nitrogens with zero attached hydrogens (tertiary/aromatic N) is 2. The highest BCUT2D eigenvalue weighted by Crippen LogP contribution is 2.19. The Hall–Kier alpha value is -3.10. The van der Waals surface area contributed by atoms with Gasteiger partial charge in [-0.25, -0.2) is 23.1 Å². The van der Waals surface area contributed by atoms with Gasteiger partial charge in [0, 0.05) is 47.6 Å². The second-order valence-electron chi connectivity index (χ2n) is 5.13. The fraction of sp³-hybridized carbons (Fsp3) is 0.235. The Morgan fingerprint density at radius 2 is 2.15 bits per heavy atom. The zero-order valence-electron chi connectivity index (χ0n) is 14.4. The molecule has 0 spiro atoms. The molecule has 0 saturated carbocycles. The van der Waals surface area contributed by atoms with Gasteiger partial charge in [-0.2, -0.15) is 0 Å². The van der Waals surface area contributed by atoms with Crippen molar-refractivity contribution in [2.45, 2.75) is 26.7 Å². The van der Waals surface area contributed by atoms with E-state index in [0.29, 0.717) is 12.1 Å². The maximum atomic E-state index is 14.2. The summed E-state index contributed by atoms with van der Waals surface area (Å²) in [5, 5.41) is 10.0. The largest absolute Gasteiger partial charge is 0.404 e. The van der Waals surface area contributed by atoms with Crippen molar-refractivity contribution >= 4 is 23.3 Å². The molecule has 0 amide bonds. The van der Waals surface area contributed by atoms with Gasteiger partial charge in [0.15, 0.2) is 0 Å². The predicted molar refractivity (Wildman–Crippen MR) is 98.5 cm³/mol. The third-order valence-corrected chi connectivity index (χ3v) is 3.12. The van der Waals surface area contributed by atoms with Crippen molar-refractivity contribution in [3.05, 3.63) is 53.5 Å². The monoisotopic (exact) mass is 366 g/mol. The topological polar surface area (TPSA) is 113 Å². The van der Waals surface area contributed by atoms with Gasteiger partial charge in [0.25, 0.3) is 6.43 Å². The maximum Gasteiger partial charge on any atom is 0.276 e. The molecule has 1 aromatic rings. The third kappa shape index (κ3) is 6.08. The molecule has 0 aliphatic heterocycles. The van der Waals surface area contributed by atoms with Crippen molar-refractivity contribution in [2.75, 3.05) is 5.32 Å². The lowest BCUT2D eigenvalue weighted by Gasteiger charge is -2.09. The smallest absolute Gasteiger partial charge is 0.276 e. The van der Waals surface area contributed by atoms with Crippen LogP contribution in [0.1, 0.15) is 25.8 Å². The van der Waals surface area contributed by atoms with E-state index in [9.17, 15) is 13.2 Å². The molecule has 140 valence electrons. The molecule has 6 N–H and O–H groups in total. The van der Waals surface area contributed by atoms with Gasteiger partial charge in [-0.15, -0.1) is 0 Å². The number of anilines is 1. The van der Waals surface area contributed by atoms with E-state index in [1.165, 1.54) is 19.2 Å². The number of halogens is 3. The summed E-state index contributed by atoms with van der Waals surface area (Å²) in [5.74, 6) is -0.572. The molecule has 6 nitrogen and oxygen atoms in total. The number of nitrogens with two attached hydrogens (primary N) is 2. The van der Waals surface area contributed by atoms with Crippen molar-refractivity contribution in [2.24, 2.45) is 16.5 Å². The first-order valence-corrected chi connectivity index (χ1v) is 7.68. The first-order valence-electron chi connectivity index (χ1n) is 7.68. The van der Waals surface area contributed by atoms with Gasteiger partial charge in [-0.1, -0.05) is 13.0 Å². The number of hydrogen-bond acceptors (Lipinski definition) is 6. The zero-order valence-corrected chi connectivity index (χ0v) is 14.4. The molecule has 0 fully saturated rings. The average molecular weight is 366 g/mol. The van der Waals surface area contributed by atoms with E-state index < -0.39 is 18.0 Å². The second kappa shape index (κ2) is 10.0. The Morgan fingerprint density at radius 1 is 1.46 bits per heavy atom. The molecule has 0 atom stereocenters. The number of pyridine rings is 1. The van der Waals surface area contributed by atoms with Crippen LogP contribution in [0.15, 0.2) is 47.1 Å². The van der Waals surface area contributed by atoms with Crippen molar-refractivity contribution < 1.29 is 13.2 Å². The minimum atomic E-state index is -2.70. The van der Waals surface area contributed by atoms with E-state index in [2.05, 4.69) is 15.3 Å². The van der Waals surface area contributed by atoms with Crippen LogP contribution in [0, 0.1) is 11.2 Å². The SMILES string of the molecule is CC/C=C(/C=C(N)\N=C(/C)C(F)F)Nc1cc(F)c(/C(C=N)=C/N)cn1.